The molecule has 0 unspecified atom stereocenters. The second-order valence-electron chi connectivity index (χ2n) is 37.3. The van der Waals surface area contributed by atoms with Crippen LogP contribution in [0, 0.1) is 40.4 Å². The van der Waals surface area contributed by atoms with Crippen LogP contribution in [0.1, 0.15) is 519 Å². The van der Waals surface area contributed by atoms with Crippen LogP contribution < -0.4 is 0 Å². The zero-order valence-electron chi connectivity index (χ0n) is 78.9. The van der Waals surface area contributed by atoms with Crippen molar-refractivity contribution < 1.29 is 84.9 Å². The molecule has 0 aromatic heterocycles. The molecule has 0 spiro atoms. The molecule has 0 bridgehead atoms. The fourth-order valence-corrected chi connectivity index (χ4v) is 14.0. The first-order chi connectivity index (χ1) is 56.2. The summed E-state index contributed by atoms with van der Waals surface area (Å²) in [6.45, 7) is 20.1. The molecular formula is C100H202O17. The smallest absolute Gasteiger partial charge is 0.303 e. The van der Waals surface area contributed by atoms with Gasteiger partial charge in [0.05, 0.1) is 63.7 Å². The van der Waals surface area contributed by atoms with Gasteiger partial charge < -0.3 is 60.9 Å². The van der Waals surface area contributed by atoms with Crippen molar-refractivity contribution in [1.82, 2.24) is 0 Å². The van der Waals surface area contributed by atoms with Gasteiger partial charge in [-0.25, -0.2) is 0 Å². The Balaban J connectivity index is -0.000000316. The van der Waals surface area contributed by atoms with Gasteiger partial charge >= 0.3 is 29.8 Å². The second kappa shape index (κ2) is 102. The molecule has 0 amide bonds. The van der Waals surface area contributed by atoms with E-state index in [0.29, 0.717) is 32.1 Å². The van der Waals surface area contributed by atoms with Gasteiger partial charge in [0.2, 0.25) is 0 Å². The maximum Gasteiger partial charge on any atom is 0.303 e. The van der Waals surface area contributed by atoms with Crippen molar-refractivity contribution in [2.45, 2.75) is 519 Å². The van der Waals surface area contributed by atoms with Crippen LogP contribution in [0.5, 0.6) is 0 Å². The van der Waals surface area contributed by atoms with E-state index in [9.17, 15) is 24.0 Å². The van der Waals surface area contributed by atoms with Crippen LogP contribution in [0.4, 0.5) is 0 Å². The maximum atomic E-state index is 10.3. The molecule has 0 atom stereocenters. The van der Waals surface area contributed by atoms with Gasteiger partial charge in [0.15, 0.2) is 0 Å². The highest BCUT2D eigenvalue weighted by Gasteiger charge is 2.33. The summed E-state index contributed by atoms with van der Waals surface area (Å²) in [4.78, 5) is 51.7. The number of unbranched alkanes of at least 4 members (excludes halogenated alkanes) is 55. The summed E-state index contributed by atoms with van der Waals surface area (Å²) in [6.07, 6.45) is 86.6. The SMILES string of the molecule is CC(C)CCCCCCCCCCCCCCC(=O)O.CC(C)CCCCCCCCCCCCCCC(=O)O.CC(C)CCCCCCCCCCCCCCC(=O)O.CC(C)CCCCCCCCCCCCCCC(=O)O.CC(C)CCCCCCCCCCCCCCC(=O)O.OCC(CO)(CO)COCC(CO)(CO)CO. The molecule has 0 aromatic carbocycles. The lowest BCUT2D eigenvalue weighted by Gasteiger charge is -2.31. The Morgan fingerprint density at radius 2 is 0.274 bits per heavy atom. The standard InChI is InChI=1S/5C18H36O2.C10H22O7/c5*1-17(2)15-13-11-9-7-5-3-4-6-8-10-12-14-16-18(19)20;11-1-9(2-12,3-13)7-17-8-10(4-14,5-15)6-16/h5*17H,3-16H2,1-2H3,(H,19,20);11-16H,1-8H2. The Morgan fingerprint density at radius 1 is 0.179 bits per heavy atom. The Hall–Kier alpha value is -2.93. The fourth-order valence-electron chi connectivity index (χ4n) is 14.0. The number of aliphatic hydroxyl groups is 6. The molecule has 0 radical (unpaired) electrons. The fraction of sp³-hybridized carbons (Fsp3) is 0.950. The first-order valence-electron chi connectivity index (χ1n) is 49.5. The minimum absolute atomic E-state index is 0.141. The van der Waals surface area contributed by atoms with Gasteiger partial charge in [-0.05, 0) is 61.7 Å². The highest BCUT2D eigenvalue weighted by molar-refractivity contribution is 5.67. The summed E-state index contributed by atoms with van der Waals surface area (Å²) >= 11 is 0. The maximum absolute atomic E-state index is 10.3. The van der Waals surface area contributed by atoms with E-state index < -0.39 is 80.3 Å². The summed E-state index contributed by atoms with van der Waals surface area (Å²) in [5.74, 6) is 1.06. The normalized spacial score (nSPS) is 11.4. The highest BCUT2D eigenvalue weighted by Crippen LogP contribution is 2.23. The lowest BCUT2D eigenvalue weighted by atomic mass is 9.91. The molecule has 0 aliphatic rings. The summed E-state index contributed by atoms with van der Waals surface area (Å²) < 4.78 is 5.15. The van der Waals surface area contributed by atoms with E-state index in [-0.39, 0.29) is 13.2 Å². The van der Waals surface area contributed by atoms with E-state index >= 15 is 0 Å². The molecule has 0 saturated carbocycles. The number of aliphatic carboxylic acids is 5. The van der Waals surface area contributed by atoms with Crippen molar-refractivity contribution in [3.63, 3.8) is 0 Å². The summed E-state index contributed by atoms with van der Waals surface area (Å²) in [6, 6.07) is 0. The lowest BCUT2D eigenvalue weighted by molar-refractivity contribution is -0.138. The molecule has 0 fully saturated rings. The van der Waals surface area contributed by atoms with Crippen molar-refractivity contribution in [3.05, 3.63) is 0 Å². The molecule has 0 aromatic rings. The molecule has 0 aliphatic heterocycles. The second-order valence-corrected chi connectivity index (χ2v) is 37.3. The lowest BCUT2D eigenvalue weighted by Crippen LogP contribution is -2.43. The first-order valence-corrected chi connectivity index (χ1v) is 49.5. The largest absolute Gasteiger partial charge is 0.481 e. The van der Waals surface area contributed by atoms with Gasteiger partial charge in [-0.2, -0.15) is 0 Å². The predicted octanol–water partition coefficient (Wildman–Crippen LogP) is 27.9. The van der Waals surface area contributed by atoms with E-state index in [4.69, 9.17) is 60.9 Å². The van der Waals surface area contributed by atoms with Crippen molar-refractivity contribution >= 4 is 29.8 Å². The molecule has 0 heterocycles. The monoisotopic (exact) mass is 1680 g/mol. The van der Waals surface area contributed by atoms with E-state index in [1.165, 1.54) is 353 Å². The summed E-state index contributed by atoms with van der Waals surface area (Å²) in [5, 5.41) is 96.8. The van der Waals surface area contributed by atoms with Crippen LogP contribution in [0.2, 0.25) is 0 Å². The van der Waals surface area contributed by atoms with Crippen LogP contribution in [0.15, 0.2) is 0 Å². The molecule has 0 saturated heterocycles. The molecule has 0 aliphatic carbocycles. The zero-order chi connectivity index (χ0) is 88.6. The van der Waals surface area contributed by atoms with Crippen molar-refractivity contribution in [2.75, 3.05) is 52.9 Å². The quantitative estimate of drug-likeness (QED) is 0.0252. The average Bonchev–Trinajstić information content (AvgIpc) is 0.873. The van der Waals surface area contributed by atoms with E-state index in [1.807, 2.05) is 0 Å². The Bertz CT molecular complexity index is 1650. The third-order valence-corrected chi connectivity index (χ3v) is 22.4. The number of hydrogen-bond acceptors (Lipinski definition) is 12. The van der Waals surface area contributed by atoms with Gasteiger partial charge in [-0.1, -0.05) is 454 Å². The third kappa shape index (κ3) is 119. The number of aliphatic hydroxyl groups excluding tert-OH is 6. The van der Waals surface area contributed by atoms with Crippen LogP contribution >= 0.6 is 0 Å². The zero-order valence-corrected chi connectivity index (χ0v) is 78.9. The van der Waals surface area contributed by atoms with Crippen molar-refractivity contribution in [1.29, 1.82) is 0 Å². The predicted molar refractivity (Wildman–Crippen MR) is 494 cm³/mol. The molecular weight excluding hydrogens is 1470 g/mol. The van der Waals surface area contributed by atoms with Crippen LogP contribution in [0.25, 0.3) is 0 Å². The minimum atomic E-state index is -1.16. The van der Waals surface area contributed by atoms with Gasteiger partial charge in [0.1, 0.15) is 0 Å². The summed E-state index contributed by atoms with van der Waals surface area (Å²) in [7, 11) is 0. The number of rotatable bonds is 85. The van der Waals surface area contributed by atoms with Crippen LogP contribution in [-0.4, -0.2) is 139 Å². The topological polar surface area (TPSA) is 317 Å². The number of carboxylic acid groups (broad SMARTS) is 5. The van der Waals surface area contributed by atoms with Gasteiger partial charge in [-0.3, -0.25) is 24.0 Å². The molecule has 11 N–H and O–H groups in total. The van der Waals surface area contributed by atoms with Gasteiger partial charge in [0.25, 0.3) is 0 Å². The van der Waals surface area contributed by atoms with E-state index in [2.05, 4.69) is 69.2 Å². The Morgan fingerprint density at radius 3 is 0.359 bits per heavy atom. The van der Waals surface area contributed by atoms with Gasteiger partial charge in [0, 0.05) is 32.1 Å². The molecule has 704 valence electrons. The highest BCUT2D eigenvalue weighted by atomic mass is 16.5. The molecule has 17 heteroatoms. The molecule has 117 heavy (non-hydrogen) atoms. The van der Waals surface area contributed by atoms with Crippen molar-refractivity contribution in [2.24, 2.45) is 40.4 Å². The van der Waals surface area contributed by atoms with Crippen LogP contribution in [-0.2, 0) is 28.7 Å². The summed E-state index contributed by atoms with van der Waals surface area (Å²) in [5.41, 5.74) is -2.32. The van der Waals surface area contributed by atoms with E-state index in [1.54, 1.807) is 0 Å². The molecule has 0 rings (SSSR count). The number of carbonyl (C=O) groups is 5. The minimum Gasteiger partial charge on any atom is -0.481 e. The Labute approximate surface area is 723 Å². The first kappa shape index (κ1) is 125. The number of hydrogen-bond donors (Lipinski definition) is 11. The van der Waals surface area contributed by atoms with Gasteiger partial charge in [-0.15, -0.1) is 0 Å². The average molecular weight is 1680 g/mol. The van der Waals surface area contributed by atoms with Crippen molar-refractivity contribution in [3.8, 4) is 0 Å². The number of ether oxygens (including phenoxy) is 1. The molecule has 17 nitrogen and oxygen atoms in total. The number of carboxylic acids is 5. The Kier molecular flexibility index (Phi) is 109. The third-order valence-electron chi connectivity index (χ3n) is 22.4. The van der Waals surface area contributed by atoms with Crippen LogP contribution in [0.3, 0.4) is 0 Å². The van der Waals surface area contributed by atoms with E-state index in [0.717, 1.165) is 93.8 Å².